The summed E-state index contributed by atoms with van der Waals surface area (Å²) >= 11 is 0. The van der Waals surface area contributed by atoms with Gasteiger partial charge in [0.15, 0.2) is 5.78 Å². The molecule has 1 aromatic carbocycles. The summed E-state index contributed by atoms with van der Waals surface area (Å²) in [6, 6.07) is 14.0. The van der Waals surface area contributed by atoms with Gasteiger partial charge in [0.2, 0.25) is 5.95 Å². The number of ketones is 1. The molecule has 8 nitrogen and oxygen atoms in total. The molecule has 1 fully saturated rings. The quantitative estimate of drug-likeness (QED) is 0.236. The minimum Gasteiger partial charge on any atom is -0.497 e. The molecule has 0 aliphatic carbocycles. The van der Waals surface area contributed by atoms with Gasteiger partial charge >= 0.3 is 0 Å². The minimum atomic E-state index is 0.185. The molecule has 0 bridgehead atoms. The molecule has 1 unspecified atom stereocenters. The minimum absolute atomic E-state index is 0.185. The Labute approximate surface area is 230 Å². The highest BCUT2D eigenvalue weighted by atomic mass is 16.5. The van der Waals surface area contributed by atoms with Gasteiger partial charge in [-0.2, -0.15) is 0 Å². The van der Waals surface area contributed by atoms with Crippen LogP contribution in [0.4, 0.5) is 11.6 Å². The molecule has 0 spiro atoms. The second-order valence-corrected chi connectivity index (χ2v) is 10.7. The molecule has 8 heteroatoms. The van der Waals surface area contributed by atoms with Crippen molar-refractivity contribution in [3.8, 4) is 17.1 Å². The predicted molar refractivity (Wildman–Crippen MR) is 156 cm³/mol. The maximum absolute atomic E-state index is 13.1. The molecule has 1 atom stereocenters. The van der Waals surface area contributed by atoms with Crippen LogP contribution in [0.15, 0.2) is 54.9 Å². The number of ether oxygens (including phenoxy) is 1. The average Bonchev–Trinajstić information content (AvgIpc) is 3.36. The van der Waals surface area contributed by atoms with E-state index < -0.39 is 0 Å². The van der Waals surface area contributed by atoms with Crippen LogP contribution in [0.1, 0.15) is 62.9 Å². The largest absolute Gasteiger partial charge is 0.497 e. The summed E-state index contributed by atoms with van der Waals surface area (Å²) in [5, 5.41) is 4.26. The number of aromatic nitrogens is 4. The summed E-state index contributed by atoms with van der Waals surface area (Å²) in [7, 11) is 1.63. The monoisotopic (exact) mass is 526 g/mol. The van der Waals surface area contributed by atoms with Gasteiger partial charge in [0.05, 0.1) is 24.2 Å². The van der Waals surface area contributed by atoms with Gasteiger partial charge in [0.25, 0.3) is 0 Å². The van der Waals surface area contributed by atoms with E-state index in [0.717, 1.165) is 35.3 Å². The zero-order valence-corrected chi connectivity index (χ0v) is 23.1. The van der Waals surface area contributed by atoms with E-state index in [4.69, 9.17) is 4.74 Å². The van der Waals surface area contributed by atoms with Crippen molar-refractivity contribution in [2.75, 3.05) is 25.5 Å². The van der Waals surface area contributed by atoms with E-state index >= 15 is 0 Å². The van der Waals surface area contributed by atoms with Crippen LogP contribution >= 0.6 is 0 Å². The van der Waals surface area contributed by atoms with Gasteiger partial charge in [-0.3, -0.25) is 9.78 Å². The lowest BCUT2D eigenvalue weighted by Crippen LogP contribution is -2.35. The summed E-state index contributed by atoms with van der Waals surface area (Å²) in [5.74, 6) is 2.00. The number of rotatable bonds is 9. The van der Waals surface area contributed by atoms with Gasteiger partial charge in [-0.25, -0.2) is 9.97 Å². The van der Waals surface area contributed by atoms with Crippen molar-refractivity contribution in [1.82, 2.24) is 24.8 Å². The summed E-state index contributed by atoms with van der Waals surface area (Å²) in [6.07, 6.45) is 9.88. The van der Waals surface area contributed by atoms with Crippen LogP contribution in [0.25, 0.3) is 22.3 Å². The number of methoxy groups -OCH3 is 1. The van der Waals surface area contributed by atoms with Gasteiger partial charge in [-0.1, -0.05) is 12.8 Å². The Bertz CT molecular complexity index is 1420. The maximum atomic E-state index is 13.1. The molecule has 0 radical (unpaired) electrons. The van der Waals surface area contributed by atoms with Gasteiger partial charge in [-0.05, 0) is 88.5 Å². The zero-order valence-electron chi connectivity index (χ0n) is 23.1. The SMILES string of the molecule is COc1ccnc(-c2ccnc(Nc3ccc4[nH]c(C(=O)CCC5CCCCN(C(C)C)CC5)cc4c3)n2)c1. The number of carbonyl (C=O) groups is 1. The first-order valence-electron chi connectivity index (χ1n) is 14.0. The molecule has 39 heavy (non-hydrogen) atoms. The van der Waals surface area contributed by atoms with E-state index in [9.17, 15) is 4.79 Å². The molecular formula is C31H38N6O2. The van der Waals surface area contributed by atoms with Crippen molar-refractivity contribution in [1.29, 1.82) is 0 Å². The lowest BCUT2D eigenvalue weighted by Gasteiger charge is -2.31. The zero-order chi connectivity index (χ0) is 27.2. The van der Waals surface area contributed by atoms with Gasteiger partial charge < -0.3 is 19.9 Å². The van der Waals surface area contributed by atoms with Gasteiger partial charge in [0, 0.05) is 47.5 Å². The fraction of sp³-hybridized carbons (Fsp3) is 0.419. The molecule has 4 aromatic rings. The van der Waals surface area contributed by atoms with Gasteiger partial charge in [-0.15, -0.1) is 0 Å². The smallest absolute Gasteiger partial charge is 0.227 e. The number of benzene rings is 1. The highest BCUT2D eigenvalue weighted by Gasteiger charge is 2.19. The van der Waals surface area contributed by atoms with Crippen LogP contribution in [-0.2, 0) is 0 Å². The lowest BCUT2D eigenvalue weighted by atomic mass is 9.90. The molecule has 1 saturated heterocycles. The normalized spacial score (nSPS) is 16.7. The third-order valence-electron chi connectivity index (χ3n) is 7.70. The number of pyridine rings is 1. The molecule has 1 aliphatic heterocycles. The van der Waals surface area contributed by atoms with Gasteiger partial charge in [0.1, 0.15) is 5.75 Å². The first-order chi connectivity index (χ1) is 19.0. The maximum Gasteiger partial charge on any atom is 0.227 e. The van der Waals surface area contributed by atoms with Crippen LogP contribution in [0.5, 0.6) is 5.75 Å². The summed E-state index contributed by atoms with van der Waals surface area (Å²) < 4.78 is 5.30. The molecule has 5 rings (SSSR count). The molecule has 0 amide bonds. The van der Waals surface area contributed by atoms with E-state index in [1.807, 2.05) is 36.4 Å². The number of aromatic amines is 1. The van der Waals surface area contributed by atoms with Crippen molar-refractivity contribution < 1.29 is 9.53 Å². The van der Waals surface area contributed by atoms with Crippen LogP contribution < -0.4 is 10.1 Å². The predicted octanol–water partition coefficient (Wildman–Crippen LogP) is 6.64. The van der Waals surface area contributed by atoms with Crippen molar-refractivity contribution in [3.05, 3.63) is 60.6 Å². The van der Waals surface area contributed by atoms with Crippen molar-refractivity contribution >= 4 is 28.3 Å². The average molecular weight is 527 g/mol. The Morgan fingerprint density at radius 3 is 2.77 bits per heavy atom. The molecule has 4 heterocycles. The number of likely N-dealkylation sites (tertiary alicyclic amines) is 1. The number of hydrogen-bond acceptors (Lipinski definition) is 7. The highest BCUT2D eigenvalue weighted by Crippen LogP contribution is 2.27. The number of nitrogens with zero attached hydrogens (tertiary/aromatic N) is 4. The fourth-order valence-corrected chi connectivity index (χ4v) is 5.36. The standard InChI is InChI=1S/C31H38N6O2/c1-21(2)37-16-5-4-6-22(13-17-37)7-10-30(38)29-19-23-18-24(8-9-26(23)35-29)34-31-33-15-12-27(36-31)28-20-25(39-3)11-14-32-28/h8-9,11-12,14-15,18-22,35H,4-7,10,13,16-17H2,1-3H3,(H,33,34,36). The van der Waals surface area contributed by atoms with Crippen LogP contribution in [0, 0.1) is 5.92 Å². The van der Waals surface area contributed by atoms with E-state index in [0.29, 0.717) is 41.4 Å². The third kappa shape index (κ3) is 6.81. The third-order valence-corrected chi connectivity index (χ3v) is 7.70. The topological polar surface area (TPSA) is 96.0 Å². The van der Waals surface area contributed by atoms with Crippen molar-refractivity contribution in [3.63, 3.8) is 0 Å². The van der Waals surface area contributed by atoms with E-state index in [1.165, 1.54) is 32.2 Å². The number of Topliss-reactive ketones (excluding diaryl/α,β-unsaturated/α-hetero) is 1. The van der Waals surface area contributed by atoms with Crippen LogP contribution in [0.3, 0.4) is 0 Å². The first-order valence-corrected chi connectivity index (χ1v) is 14.0. The molecule has 2 N–H and O–H groups in total. The highest BCUT2D eigenvalue weighted by molar-refractivity contribution is 6.00. The van der Waals surface area contributed by atoms with E-state index in [-0.39, 0.29) is 5.78 Å². The lowest BCUT2D eigenvalue weighted by molar-refractivity contribution is 0.0963. The molecule has 1 aliphatic rings. The second kappa shape index (κ2) is 12.4. The number of carbonyl (C=O) groups excluding carboxylic acids is 1. The Balaban J connectivity index is 1.22. The second-order valence-electron chi connectivity index (χ2n) is 10.7. The number of H-pyrrole nitrogens is 1. The van der Waals surface area contributed by atoms with Crippen LogP contribution in [-0.4, -0.2) is 56.9 Å². The van der Waals surface area contributed by atoms with E-state index in [2.05, 4.69) is 44.0 Å². The summed E-state index contributed by atoms with van der Waals surface area (Å²) in [5.41, 5.74) is 3.88. The Morgan fingerprint density at radius 1 is 1.05 bits per heavy atom. The number of nitrogens with one attached hydrogen (secondary N) is 2. The first kappa shape index (κ1) is 26.8. The molecule has 204 valence electrons. The number of anilines is 2. The molecule has 3 aromatic heterocycles. The van der Waals surface area contributed by atoms with Crippen LogP contribution in [0.2, 0.25) is 0 Å². The molecular weight excluding hydrogens is 488 g/mol. The molecule has 0 saturated carbocycles. The Hall–Kier alpha value is -3.78. The Morgan fingerprint density at radius 2 is 1.92 bits per heavy atom. The summed E-state index contributed by atoms with van der Waals surface area (Å²) in [4.78, 5) is 32.4. The van der Waals surface area contributed by atoms with Crippen molar-refractivity contribution in [2.24, 2.45) is 5.92 Å². The number of fused-ring (bicyclic) bond motifs is 1. The fourth-order valence-electron chi connectivity index (χ4n) is 5.36. The Kier molecular flexibility index (Phi) is 8.51. The van der Waals surface area contributed by atoms with Crippen molar-refractivity contribution in [2.45, 2.75) is 58.4 Å². The summed E-state index contributed by atoms with van der Waals surface area (Å²) in [6.45, 7) is 6.90. The number of hydrogen-bond donors (Lipinski definition) is 2. The van der Waals surface area contributed by atoms with E-state index in [1.54, 1.807) is 25.6 Å².